The van der Waals surface area contributed by atoms with E-state index < -0.39 is 17.7 Å². The van der Waals surface area contributed by atoms with Gasteiger partial charge in [0.15, 0.2) is 0 Å². The fraction of sp³-hybridized carbons (Fsp3) is 0.211. The molecule has 1 aliphatic carbocycles. The van der Waals surface area contributed by atoms with Crippen molar-refractivity contribution in [2.75, 3.05) is 7.11 Å². The van der Waals surface area contributed by atoms with E-state index in [4.69, 9.17) is 4.74 Å². The quantitative estimate of drug-likeness (QED) is 0.734. The number of allylic oxidation sites excluding steroid dienone is 1. The molecule has 24 heavy (non-hydrogen) atoms. The van der Waals surface area contributed by atoms with E-state index in [1.54, 1.807) is 18.2 Å². The summed E-state index contributed by atoms with van der Waals surface area (Å²) in [6, 6.07) is 10.5. The molecule has 0 aromatic heterocycles. The van der Waals surface area contributed by atoms with Crippen molar-refractivity contribution in [3.8, 4) is 0 Å². The first-order valence-corrected chi connectivity index (χ1v) is 7.49. The number of benzene rings is 2. The van der Waals surface area contributed by atoms with Crippen molar-refractivity contribution in [3.05, 3.63) is 76.4 Å². The Morgan fingerprint density at radius 3 is 2.62 bits per heavy atom. The van der Waals surface area contributed by atoms with Crippen molar-refractivity contribution in [3.63, 3.8) is 0 Å². The van der Waals surface area contributed by atoms with Crippen molar-refractivity contribution in [2.45, 2.75) is 19.0 Å². The third-order valence-electron chi connectivity index (χ3n) is 4.08. The molecule has 0 fully saturated rings. The number of aryl methyl sites for hydroxylation is 1. The smallest absolute Gasteiger partial charge is 0.416 e. The zero-order chi connectivity index (χ0) is 17.3. The first-order valence-electron chi connectivity index (χ1n) is 7.49. The monoisotopic (exact) mass is 332 g/mol. The summed E-state index contributed by atoms with van der Waals surface area (Å²) in [7, 11) is 1.30. The number of halogens is 3. The van der Waals surface area contributed by atoms with Gasteiger partial charge in [-0.1, -0.05) is 24.3 Å². The van der Waals surface area contributed by atoms with E-state index in [0.29, 0.717) is 16.7 Å². The van der Waals surface area contributed by atoms with Gasteiger partial charge in [-0.2, -0.15) is 13.2 Å². The molecule has 0 bridgehead atoms. The molecule has 3 rings (SSSR count). The van der Waals surface area contributed by atoms with Crippen molar-refractivity contribution in [1.29, 1.82) is 0 Å². The highest BCUT2D eigenvalue weighted by Crippen LogP contribution is 2.36. The summed E-state index contributed by atoms with van der Waals surface area (Å²) in [5.41, 5.74) is 2.70. The van der Waals surface area contributed by atoms with E-state index >= 15 is 0 Å². The molecule has 0 saturated heterocycles. The van der Waals surface area contributed by atoms with Crippen LogP contribution in [0.2, 0.25) is 0 Å². The van der Waals surface area contributed by atoms with Crippen LogP contribution in [0.3, 0.4) is 0 Å². The third-order valence-corrected chi connectivity index (χ3v) is 4.08. The zero-order valence-electron chi connectivity index (χ0n) is 13.0. The van der Waals surface area contributed by atoms with E-state index in [1.165, 1.54) is 13.2 Å². The number of hydrogen-bond donors (Lipinski definition) is 0. The van der Waals surface area contributed by atoms with Gasteiger partial charge in [-0.3, -0.25) is 0 Å². The number of carbonyl (C=O) groups is 1. The van der Waals surface area contributed by atoms with Crippen molar-refractivity contribution >= 4 is 11.5 Å². The van der Waals surface area contributed by atoms with E-state index in [9.17, 15) is 18.0 Å². The highest BCUT2D eigenvalue weighted by atomic mass is 19.4. The number of rotatable bonds is 2. The van der Waals surface area contributed by atoms with Gasteiger partial charge in [0.2, 0.25) is 0 Å². The number of hydrogen-bond acceptors (Lipinski definition) is 2. The van der Waals surface area contributed by atoms with E-state index in [1.807, 2.05) is 12.1 Å². The number of esters is 1. The van der Waals surface area contributed by atoms with Crippen molar-refractivity contribution in [1.82, 2.24) is 0 Å². The maximum Gasteiger partial charge on any atom is 0.416 e. The maximum absolute atomic E-state index is 13.0. The Bertz CT molecular complexity index is 820. The summed E-state index contributed by atoms with van der Waals surface area (Å²) in [6.45, 7) is 0. The number of methoxy groups -OCH3 is 1. The minimum absolute atomic E-state index is 0.385. The summed E-state index contributed by atoms with van der Waals surface area (Å²) in [4.78, 5) is 11.7. The Morgan fingerprint density at radius 1 is 1.12 bits per heavy atom. The van der Waals surface area contributed by atoms with Crippen LogP contribution in [0.5, 0.6) is 0 Å². The Kier molecular flexibility index (Phi) is 4.18. The summed E-state index contributed by atoms with van der Waals surface area (Å²) in [5.74, 6) is -0.466. The molecule has 0 spiro atoms. The highest BCUT2D eigenvalue weighted by molar-refractivity contribution is 5.92. The molecule has 0 heterocycles. The molecule has 2 nitrogen and oxygen atoms in total. The van der Waals surface area contributed by atoms with Crippen LogP contribution in [0.15, 0.2) is 48.5 Å². The van der Waals surface area contributed by atoms with Gasteiger partial charge in [0.1, 0.15) is 0 Å². The van der Waals surface area contributed by atoms with Gasteiger partial charge in [0.25, 0.3) is 0 Å². The summed E-state index contributed by atoms with van der Waals surface area (Å²) in [5, 5.41) is 0. The first-order chi connectivity index (χ1) is 11.4. The summed E-state index contributed by atoms with van der Waals surface area (Å²) < 4.78 is 43.6. The summed E-state index contributed by atoms with van der Waals surface area (Å²) >= 11 is 0. The Labute approximate surface area is 137 Å². The second kappa shape index (κ2) is 6.15. The number of carbonyl (C=O) groups excluding carboxylic acids is 1. The van der Waals surface area contributed by atoms with Crippen molar-refractivity contribution in [2.24, 2.45) is 0 Å². The molecule has 0 aliphatic heterocycles. The van der Waals surface area contributed by atoms with Crippen LogP contribution in [0, 0.1) is 0 Å². The van der Waals surface area contributed by atoms with Gasteiger partial charge in [0.05, 0.1) is 18.2 Å². The largest absolute Gasteiger partial charge is 0.465 e. The highest BCUT2D eigenvalue weighted by Gasteiger charge is 2.31. The van der Waals surface area contributed by atoms with E-state index in [-0.39, 0.29) is 0 Å². The SMILES string of the molecule is COC(=O)c1ccc2c(c1)C(c1cccc(C(F)(F)F)c1)=CCC2. The molecular weight excluding hydrogens is 317 g/mol. The number of fused-ring (bicyclic) bond motifs is 1. The van der Waals surface area contributed by atoms with Crippen LogP contribution in [0.25, 0.3) is 5.57 Å². The Hall–Kier alpha value is -2.56. The van der Waals surface area contributed by atoms with Gasteiger partial charge in [-0.05, 0) is 59.4 Å². The number of alkyl halides is 3. The average Bonchev–Trinajstić information content (AvgIpc) is 2.59. The molecule has 2 aromatic carbocycles. The Morgan fingerprint density at radius 2 is 1.92 bits per heavy atom. The Balaban J connectivity index is 2.08. The van der Waals surface area contributed by atoms with Crippen LogP contribution >= 0.6 is 0 Å². The number of ether oxygens (including phenoxy) is 1. The molecule has 124 valence electrons. The standard InChI is InChI=1S/C19H15F3O2/c1-24-18(23)14-9-8-12-4-3-7-16(17(12)11-14)13-5-2-6-15(10-13)19(20,21)22/h2,5-11H,3-4H2,1H3. The first kappa shape index (κ1) is 16.3. The molecular formula is C19H15F3O2. The van der Waals surface area contributed by atoms with Gasteiger partial charge < -0.3 is 4.74 Å². The van der Waals surface area contributed by atoms with Gasteiger partial charge >= 0.3 is 12.1 Å². The van der Waals surface area contributed by atoms with Gasteiger partial charge in [-0.15, -0.1) is 0 Å². The third kappa shape index (κ3) is 3.07. The lowest BCUT2D eigenvalue weighted by molar-refractivity contribution is -0.137. The second-order valence-electron chi connectivity index (χ2n) is 5.60. The maximum atomic E-state index is 13.0. The molecule has 1 aliphatic rings. The van der Waals surface area contributed by atoms with Crippen LogP contribution in [0.1, 0.15) is 39.0 Å². The minimum Gasteiger partial charge on any atom is -0.465 e. The second-order valence-corrected chi connectivity index (χ2v) is 5.60. The lowest BCUT2D eigenvalue weighted by atomic mass is 9.85. The molecule has 5 heteroatoms. The van der Waals surface area contributed by atoms with E-state index in [2.05, 4.69) is 0 Å². The average molecular weight is 332 g/mol. The predicted molar refractivity (Wildman–Crippen MR) is 84.6 cm³/mol. The molecule has 2 aromatic rings. The fourth-order valence-corrected chi connectivity index (χ4v) is 2.91. The molecule has 0 N–H and O–H groups in total. The van der Waals surface area contributed by atoms with Crippen LogP contribution in [-0.4, -0.2) is 13.1 Å². The zero-order valence-corrected chi connectivity index (χ0v) is 13.0. The predicted octanol–water partition coefficient (Wildman–Crippen LogP) is 4.87. The molecule has 0 atom stereocenters. The van der Waals surface area contributed by atoms with Crippen LogP contribution in [-0.2, 0) is 17.3 Å². The summed E-state index contributed by atoms with van der Waals surface area (Å²) in [6.07, 6.45) is -0.934. The minimum atomic E-state index is -4.39. The lowest BCUT2D eigenvalue weighted by Crippen LogP contribution is -2.08. The molecule has 0 amide bonds. The topological polar surface area (TPSA) is 26.3 Å². The van der Waals surface area contributed by atoms with Crippen LogP contribution < -0.4 is 0 Å². The van der Waals surface area contributed by atoms with Crippen molar-refractivity contribution < 1.29 is 22.7 Å². The lowest BCUT2D eigenvalue weighted by Gasteiger charge is -2.20. The molecule has 0 unspecified atom stereocenters. The molecule has 0 saturated carbocycles. The normalized spacial score (nSPS) is 13.9. The fourth-order valence-electron chi connectivity index (χ4n) is 2.91. The van der Waals surface area contributed by atoms with E-state index in [0.717, 1.165) is 36.1 Å². The van der Waals surface area contributed by atoms with Gasteiger partial charge in [0, 0.05) is 0 Å². The molecule has 0 radical (unpaired) electrons. The van der Waals surface area contributed by atoms with Crippen LogP contribution in [0.4, 0.5) is 13.2 Å². The van der Waals surface area contributed by atoms with Gasteiger partial charge in [-0.25, -0.2) is 4.79 Å².